The topological polar surface area (TPSA) is 102 Å². The average molecular weight is 459 g/mol. The third-order valence-electron chi connectivity index (χ3n) is 5.58. The number of nitrogens with zero attached hydrogens (tertiary/aromatic N) is 4. The van der Waals surface area contributed by atoms with Crippen molar-refractivity contribution in [1.29, 1.82) is 0 Å². The van der Waals surface area contributed by atoms with Gasteiger partial charge in [0.15, 0.2) is 5.82 Å². The molecular formula is C20H22N6OS3. The quantitative estimate of drug-likeness (QED) is 0.325. The number of H-pyrrole nitrogens is 1. The Labute approximate surface area is 185 Å². The first-order chi connectivity index (χ1) is 14.6. The SMILES string of the molecule is C[C@@H](Sc1nnc(C2CCCCC2)n1N)c1nc2scc(-c3cccs3)c2c(=O)[nH]1. The Kier molecular flexibility index (Phi) is 5.38. The molecular weight excluding hydrogens is 436 g/mol. The van der Waals surface area contributed by atoms with Crippen LogP contribution in [0.2, 0.25) is 0 Å². The van der Waals surface area contributed by atoms with Crippen LogP contribution in [-0.4, -0.2) is 24.8 Å². The standard InChI is InChI=1S/C20H22N6OS3/c1-11(30-20-25-24-17(26(20)21)12-6-3-2-4-7-12)16-22-18(27)15-13(10-29-19(15)23-16)14-8-5-9-28-14/h5,8-12H,2-4,6-7,21H2,1H3,(H,22,23,27)/t11-/m1/s1. The number of nitrogens with one attached hydrogen (secondary N) is 1. The van der Waals surface area contributed by atoms with Gasteiger partial charge in [-0.25, -0.2) is 9.66 Å². The maximum Gasteiger partial charge on any atom is 0.260 e. The van der Waals surface area contributed by atoms with Crippen molar-refractivity contribution in [3.05, 3.63) is 44.9 Å². The Morgan fingerprint density at radius 1 is 1.27 bits per heavy atom. The highest BCUT2D eigenvalue weighted by Gasteiger charge is 2.24. The van der Waals surface area contributed by atoms with Gasteiger partial charge in [-0.3, -0.25) is 4.79 Å². The van der Waals surface area contributed by atoms with Crippen LogP contribution in [0.1, 0.15) is 61.8 Å². The van der Waals surface area contributed by atoms with Crippen molar-refractivity contribution in [3.63, 3.8) is 0 Å². The van der Waals surface area contributed by atoms with Crippen LogP contribution in [0.15, 0.2) is 32.8 Å². The van der Waals surface area contributed by atoms with Crippen molar-refractivity contribution in [1.82, 2.24) is 24.8 Å². The molecule has 4 aromatic heterocycles. The number of hydrogen-bond donors (Lipinski definition) is 2. The van der Waals surface area contributed by atoms with Gasteiger partial charge in [-0.1, -0.05) is 37.1 Å². The molecule has 0 radical (unpaired) electrons. The van der Waals surface area contributed by atoms with Crippen LogP contribution in [0.3, 0.4) is 0 Å². The normalized spacial score (nSPS) is 16.3. The highest BCUT2D eigenvalue weighted by molar-refractivity contribution is 7.99. The summed E-state index contributed by atoms with van der Waals surface area (Å²) in [7, 11) is 0. The lowest BCUT2D eigenvalue weighted by Gasteiger charge is -2.20. The molecule has 10 heteroatoms. The molecule has 0 spiro atoms. The number of nitrogens with two attached hydrogens (primary N) is 1. The molecule has 1 aliphatic rings. The fraction of sp³-hybridized carbons (Fsp3) is 0.400. The second-order valence-electron chi connectivity index (χ2n) is 7.56. The lowest BCUT2D eigenvalue weighted by atomic mass is 9.89. The van der Waals surface area contributed by atoms with Crippen LogP contribution in [0, 0.1) is 0 Å². The number of nitrogen functional groups attached to an aromatic ring is 1. The van der Waals surface area contributed by atoms with Gasteiger partial charge in [0, 0.05) is 21.7 Å². The van der Waals surface area contributed by atoms with Gasteiger partial charge in [0.05, 0.1) is 10.6 Å². The first kappa shape index (κ1) is 19.8. The van der Waals surface area contributed by atoms with Crippen LogP contribution >= 0.6 is 34.4 Å². The average Bonchev–Trinajstić information content (AvgIpc) is 3.49. The van der Waals surface area contributed by atoms with Gasteiger partial charge in [-0.05, 0) is 31.2 Å². The highest BCUT2D eigenvalue weighted by atomic mass is 32.2. The molecule has 0 unspecified atom stereocenters. The number of thiophene rings is 2. The number of rotatable bonds is 5. The Morgan fingerprint density at radius 3 is 2.87 bits per heavy atom. The van der Waals surface area contributed by atoms with E-state index in [2.05, 4.69) is 15.2 Å². The van der Waals surface area contributed by atoms with Gasteiger partial charge < -0.3 is 10.8 Å². The van der Waals surface area contributed by atoms with Gasteiger partial charge in [-0.2, -0.15) is 0 Å². The number of fused-ring (bicyclic) bond motifs is 1. The largest absolute Gasteiger partial charge is 0.336 e. The summed E-state index contributed by atoms with van der Waals surface area (Å²) >= 11 is 4.59. The Bertz CT molecular complexity index is 1220. The first-order valence-corrected chi connectivity index (χ1v) is 12.7. The van der Waals surface area contributed by atoms with E-state index in [0.29, 0.717) is 22.3 Å². The minimum Gasteiger partial charge on any atom is -0.336 e. The molecule has 5 rings (SSSR count). The predicted molar refractivity (Wildman–Crippen MR) is 124 cm³/mol. The molecule has 0 aliphatic heterocycles. The first-order valence-electron chi connectivity index (χ1n) is 10.0. The van der Waals surface area contributed by atoms with Crippen molar-refractivity contribution < 1.29 is 0 Å². The van der Waals surface area contributed by atoms with Crippen LogP contribution < -0.4 is 11.4 Å². The van der Waals surface area contributed by atoms with E-state index in [-0.39, 0.29) is 10.8 Å². The van der Waals surface area contributed by atoms with E-state index in [1.807, 2.05) is 29.8 Å². The smallest absolute Gasteiger partial charge is 0.260 e. The van der Waals surface area contributed by atoms with Gasteiger partial charge in [-0.15, -0.1) is 32.9 Å². The van der Waals surface area contributed by atoms with E-state index in [0.717, 1.165) is 33.9 Å². The van der Waals surface area contributed by atoms with E-state index >= 15 is 0 Å². The molecule has 0 saturated heterocycles. The molecule has 7 nitrogen and oxygen atoms in total. The zero-order valence-electron chi connectivity index (χ0n) is 16.5. The summed E-state index contributed by atoms with van der Waals surface area (Å²) in [5.74, 6) is 8.19. The number of thioether (sulfide) groups is 1. The van der Waals surface area contributed by atoms with E-state index in [1.54, 1.807) is 16.0 Å². The number of aromatic amines is 1. The molecule has 30 heavy (non-hydrogen) atoms. The summed E-state index contributed by atoms with van der Waals surface area (Å²) in [5.41, 5.74) is 0.841. The molecule has 1 atom stereocenters. The summed E-state index contributed by atoms with van der Waals surface area (Å²) in [5, 5.41) is 13.9. The van der Waals surface area contributed by atoms with Crippen LogP contribution in [0.25, 0.3) is 20.7 Å². The summed E-state index contributed by atoms with van der Waals surface area (Å²) in [4.78, 5) is 22.4. The molecule has 4 heterocycles. The van der Waals surface area contributed by atoms with E-state index in [1.165, 1.54) is 42.4 Å². The third-order valence-corrected chi connectivity index (χ3v) is 8.42. The maximum absolute atomic E-state index is 12.9. The van der Waals surface area contributed by atoms with Crippen molar-refractivity contribution >= 4 is 44.7 Å². The van der Waals surface area contributed by atoms with Crippen molar-refractivity contribution in [2.75, 3.05) is 5.84 Å². The Hall–Kier alpha value is -2.17. The fourth-order valence-electron chi connectivity index (χ4n) is 3.99. The molecule has 1 saturated carbocycles. The van der Waals surface area contributed by atoms with E-state index in [4.69, 9.17) is 10.8 Å². The second kappa shape index (κ2) is 8.16. The Morgan fingerprint density at radius 2 is 2.10 bits per heavy atom. The lowest BCUT2D eigenvalue weighted by Crippen LogP contribution is -2.19. The molecule has 156 valence electrons. The molecule has 1 aliphatic carbocycles. The molecule has 1 fully saturated rings. The van der Waals surface area contributed by atoms with Crippen molar-refractivity contribution in [3.8, 4) is 10.4 Å². The molecule has 0 amide bonds. The van der Waals surface area contributed by atoms with Crippen LogP contribution in [0.5, 0.6) is 0 Å². The fourth-order valence-corrected chi connectivity index (χ4v) is 6.60. The number of aromatic nitrogens is 5. The van der Waals surface area contributed by atoms with Gasteiger partial charge in [0.25, 0.3) is 5.56 Å². The summed E-state index contributed by atoms with van der Waals surface area (Å²) in [6.45, 7) is 2.00. The third kappa shape index (κ3) is 3.57. The zero-order chi connectivity index (χ0) is 20.7. The van der Waals surface area contributed by atoms with Gasteiger partial charge >= 0.3 is 0 Å². The molecule has 4 aromatic rings. The molecule has 0 aromatic carbocycles. The monoisotopic (exact) mass is 458 g/mol. The van der Waals surface area contributed by atoms with E-state index in [9.17, 15) is 4.79 Å². The minimum atomic E-state index is -0.111. The maximum atomic E-state index is 12.9. The predicted octanol–water partition coefficient (Wildman–Crippen LogP) is 4.92. The van der Waals surface area contributed by atoms with Crippen LogP contribution in [-0.2, 0) is 0 Å². The summed E-state index contributed by atoms with van der Waals surface area (Å²) in [6, 6.07) is 4.01. The highest BCUT2D eigenvalue weighted by Crippen LogP contribution is 2.37. The van der Waals surface area contributed by atoms with E-state index < -0.39 is 0 Å². The van der Waals surface area contributed by atoms with Crippen molar-refractivity contribution in [2.45, 2.75) is 55.4 Å². The zero-order valence-corrected chi connectivity index (χ0v) is 18.9. The molecule has 0 bridgehead atoms. The van der Waals surface area contributed by atoms with Gasteiger partial charge in [0.1, 0.15) is 10.7 Å². The van der Waals surface area contributed by atoms with Crippen LogP contribution in [0.4, 0.5) is 0 Å². The molecule has 3 N–H and O–H groups in total. The summed E-state index contributed by atoms with van der Waals surface area (Å²) in [6.07, 6.45) is 5.95. The second-order valence-corrected chi connectivity index (χ2v) is 10.7. The van der Waals surface area contributed by atoms with Crippen molar-refractivity contribution in [2.24, 2.45) is 0 Å². The van der Waals surface area contributed by atoms with Gasteiger partial charge in [0.2, 0.25) is 5.16 Å². The lowest BCUT2D eigenvalue weighted by molar-refractivity contribution is 0.421. The number of hydrogen-bond acceptors (Lipinski definition) is 8. The summed E-state index contributed by atoms with van der Waals surface area (Å²) < 4.78 is 1.62. The Balaban J connectivity index is 1.41. The minimum absolute atomic E-state index is 0.107.